The fourth-order valence-corrected chi connectivity index (χ4v) is 3.55. The molecule has 31 heavy (non-hydrogen) atoms. The van der Waals surface area contributed by atoms with Gasteiger partial charge in [0.2, 0.25) is 11.8 Å². The minimum Gasteiger partial charge on any atom is -0.361 e. The predicted octanol–water partition coefficient (Wildman–Crippen LogP) is 3.85. The normalized spacial score (nSPS) is 14.9. The Labute approximate surface area is 180 Å². The van der Waals surface area contributed by atoms with E-state index in [9.17, 15) is 14.4 Å². The Morgan fingerprint density at radius 2 is 1.48 bits per heavy atom. The van der Waals surface area contributed by atoms with E-state index in [0.717, 1.165) is 11.3 Å². The van der Waals surface area contributed by atoms with Crippen molar-refractivity contribution in [1.82, 2.24) is 4.90 Å². The molecule has 3 amide bonds. The number of anilines is 3. The molecule has 3 aromatic rings. The Balaban J connectivity index is 1.53. The summed E-state index contributed by atoms with van der Waals surface area (Å²) in [5.74, 6) is -0.692. The maximum atomic E-state index is 13.2. The Morgan fingerprint density at radius 1 is 0.871 bits per heavy atom. The monoisotopic (exact) mass is 414 g/mol. The minimum atomic E-state index is -0.462. The molecule has 0 radical (unpaired) electrons. The summed E-state index contributed by atoms with van der Waals surface area (Å²) in [4.78, 5) is 38.6. The number of carbonyl (C=O) groups is 3. The van der Waals surface area contributed by atoms with Crippen LogP contribution in [0.4, 0.5) is 17.1 Å². The van der Waals surface area contributed by atoms with E-state index in [0.29, 0.717) is 16.9 Å². The molecule has 0 aliphatic carbocycles. The topological polar surface area (TPSA) is 90.5 Å². The molecule has 0 unspecified atom stereocenters. The van der Waals surface area contributed by atoms with Crippen LogP contribution in [-0.2, 0) is 9.59 Å². The Morgan fingerprint density at radius 3 is 2.16 bits per heavy atom. The van der Waals surface area contributed by atoms with Crippen LogP contribution in [0.3, 0.4) is 0 Å². The zero-order valence-corrected chi connectivity index (χ0v) is 17.0. The van der Waals surface area contributed by atoms with E-state index in [1.54, 1.807) is 36.4 Å². The average Bonchev–Trinajstić information content (AvgIpc) is 2.77. The van der Waals surface area contributed by atoms with Gasteiger partial charge in [0.25, 0.3) is 5.91 Å². The molecular weight excluding hydrogens is 392 g/mol. The lowest BCUT2D eigenvalue weighted by Gasteiger charge is -2.37. The van der Waals surface area contributed by atoms with Gasteiger partial charge in [-0.2, -0.15) is 0 Å². The predicted molar refractivity (Wildman–Crippen MR) is 120 cm³/mol. The standard InChI is InChI=1S/C24H22N4O3/c1-16(29)25-18-11-13-19(14-12-18)26-22(30)15-28-23(17-7-3-2-4-8-17)27-21-10-6-5-9-20(21)24(28)31/h2-14,23,27H,15H2,1H3,(H,25,29)(H,26,30)/t23-/m0/s1. The van der Waals surface area contributed by atoms with Gasteiger partial charge in [-0.3, -0.25) is 14.4 Å². The van der Waals surface area contributed by atoms with Crippen LogP contribution in [0, 0.1) is 0 Å². The van der Waals surface area contributed by atoms with Gasteiger partial charge in [0.05, 0.1) is 5.56 Å². The molecule has 4 rings (SSSR count). The molecule has 1 heterocycles. The van der Waals surface area contributed by atoms with Crippen molar-refractivity contribution in [2.24, 2.45) is 0 Å². The van der Waals surface area contributed by atoms with Crippen molar-refractivity contribution in [2.75, 3.05) is 22.5 Å². The van der Waals surface area contributed by atoms with Gasteiger partial charge in [0, 0.05) is 24.0 Å². The third-order valence-corrected chi connectivity index (χ3v) is 4.94. The van der Waals surface area contributed by atoms with E-state index in [2.05, 4.69) is 16.0 Å². The highest BCUT2D eigenvalue weighted by atomic mass is 16.2. The summed E-state index contributed by atoms with van der Waals surface area (Å²) in [5.41, 5.74) is 3.38. The lowest BCUT2D eigenvalue weighted by Crippen LogP contribution is -2.46. The molecule has 1 aliphatic heterocycles. The quantitative estimate of drug-likeness (QED) is 0.592. The maximum absolute atomic E-state index is 13.2. The molecule has 0 spiro atoms. The van der Waals surface area contributed by atoms with Gasteiger partial charge in [-0.25, -0.2) is 0 Å². The van der Waals surface area contributed by atoms with Crippen LogP contribution in [-0.4, -0.2) is 29.2 Å². The van der Waals surface area contributed by atoms with E-state index in [1.165, 1.54) is 11.8 Å². The molecule has 0 fully saturated rings. The highest BCUT2D eigenvalue weighted by Gasteiger charge is 2.33. The molecule has 3 N–H and O–H groups in total. The zero-order valence-electron chi connectivity index (χ0n) is 17.0. The maximum Gasteiger partial charge on any atom is 0.258 e. The third-order valence-electron chi connectivity index (χ3n) is 4.94. The first-order valence-corrected chi connectivity index (χ1v) is 9.90. The molecule has 7 nitrogen and oxygen atoms in total. The molecule has 0 aromatic heterocycles. The van der Waals surface area contributed by atoms with Crippen LogP contribution < -0.4 is 16.0 Å². The fourth-order valence-electron chi connectivity index (χ4n) is 3.55. The van der Waals surface area contributed by atoms with Gasteiger partial charge in [-0.15, -0.1) is 0 Å². The Kier molecular flexibility index (Phi) is 5.66. The van der Waals surface area contributed by atoms with Crippen molar-refractivity contribution in [3.05, 3.63) is 90.0 Å². The summed E-state index contributed by atoms with van der Waals surface area (Å²) in [7, 11) is 0. The Hall–Kier alpha value is -4.13. The van der Waals surface area contributed by atoms with Gasteiger partial charge in [0.15, 0.2) is 0 Å². The molecule has 1 aliphatic rings. The number of hydrogen-bond donors (Lipinski definition) is 3. The van der Waals surface area contributed by atoms with Crippen molar-refractivity contribution < 1.29 is 14.4 Å². The number of nitrogens with one attached hydrogen (secondary N) is 3. The first kappa shape index (κ1) is 20.2. The van der Waals surface area contributed by atoms with Crippen LogP contribution in [0.25, 0.3) is 0 Å². The van der Waals surface area contributed by atoms with Gasteiger partial charge < -0.3 is 20.9 Å². The van der Waals surface area contributed by atoms with Crippen molar-refractivity contribution >= 4 is 34.8 Å². The first-order chi connectivity index (χ1) is 15.0. The minimum absolute atomic E-state index is 0.118. The first-order valence-electron chi connectivity index (χ1n) is 9.90. The summed E-state index contributed by atoms with van der Waals surface area (Å²) in [6, 6.07) is 23.6. The summed E-state index contributed by atoms with van der Waals surface area (Å²) in [6.45, 7) is 1.31. The van der Waals surface area contributed by atoms with Crippen LogP contribution in [0.5, 0.6) is 0 Å². The van der Waals surface area contributed by atoms with Gasteiger partial charge in [0.1, 0.15) is 12.7 Å². The number of carbonyl (C=O) groups excluding carboxylic acids is 3. The van der Waals surface area contributed by atoms with E-state index >= 15 is 0 Å². The molecule has 3 aromatic carbocycles. The van der Waals surface area contributed by atoms with Crippen molar-refractivity contribution in [3.63, 3.8) is 0 Å². The summed E-state index contributed by atoms with van der Waals surface area (Å²) in [6.07, 6.45) is -0.462. The van der Waals surface area contributed by atoms with E-state index in [4.69, 9.17) is 0 Å². The molecule has 0 saturated carbocycles. The summed E-state index contributed by atoms with van der Waals surface area (Å²) >= 11 is 0. The second-order valence-electron chi connectivity index (χ2n) is 7.24. The SMILES string of the molecule is CC(=O)Nc1ccc(NC(=O)CN2C(=O)c3ccccc3N[C@@H]2c2ccccc2)cc1. The van der Waals surface area contributed by atoms with Gasteiger partial charge >= 0.3 is 0 Å². The molecule has 156 valence electrons. The van der Waals surface area contributed by atoms with Crippen LogP contribution in [0.1, 0.15) is 29.0 Å². The second-order valence-corrected chi connectivity index (χ2v) is 7.24. The lowest BCUT2D eigenvalue weighted by atomic mass is 10.0. The van der Waals surface area contributed by atoms with Gasteiger partial charge in [-0.1, -0.05) is 42.5 Å². The van der Waals surface area contributed by atoms with Crippen LogP contribution >= 0.6 is 0 Å². The van der Waals surface area contributed by atoms with Crippen LogP contribution in [0.2, 0.25) is 0 Å². The van der Waals surface area contributed by atoms with Crippen molar-refractivity contribution in [2.45, 2.75) is 13.1 Å². The lowest BCUT2D eigenvalue weighted by molar-refractivity contribution is -0.117. The van der Waals surface area contributed by atoms with Gasteiger partial charge in [-0.05, 0) is 42.0 Å². The number of fused-ring (bicyclic) bond motifs is 1. The molecule has 0 bridgehead atoms. The summed E-state index contributed by atoms with van der Waals surface area (Å²) < 4.78 is 0. The number of hydrogen-bond acceptors (Lipinski definition) is 4. The number of amides is 3. The van der Waals surface area contributed by atoms with E-state index in [-0.39, 0.29) is 24.3 Å². The highest BCUT2D eigenvalue weighted by molar-refractivity contribution is 6.04. The fraction of sp³-hybridized carbons (Fsp3) is 0.125. The Bertz CT molecular complexity index is 1110. The second kappa shape index (κ2) is 8.71. The number of rotatable bonds is 5. The number of para-hydroxylation sites is 1. The summed E-state index contributed by atoms with van der Waals surface area (Å²) in [5, 5.41) is 8.86. The zero-order chi connectivity index (χ0) is 21.8. The smallest absolute Gasteiger partial charge is 0.258 e. The van der Waals surface area contributed by atoms with E-state index < -0.39 is 6.17 Å². The number of nitrogens with zero attached hydrogens (tertiary/aromatic N) is 1. The van der Waals surface area contributed by atoms with Crippen molar-refractivity contribution in [1.29, 1.82) is 0 Å². The largest absolute Gasteiger partial charge is 0.361 e. The molecule has 7 heteroatoms. The molecule has 1 atom stereocenters. The number of benzene rings is 3. The highest BCUT2D eigenvalue weighted by Crippen LogP contribution is 2.32. The average molecular weight is 414 g/mol. The molecular formula is C24H22N4O3. The van der Waals surface area contributed by atoms with Crippen LogP contribution in [0.15, 0.2) is 78.9 Å². The van der Waals surface area contributed by atoms with Crippen molar-refractivity contribution in [3.8, 4) is 0 Å². The molecule has 0 saturated heterocycles. The van der Waals surface area contributed by atoms with E-state index in [1.807, 2.05) is 42.5 Å². The third kappa shape index (κ3) is 4.56.